The number of rotatable bonds is 4. The summed E-state index contributed by atoms with van der Waals surface area (Å²) < 4.78 is 1.60. The highest BCUT2D eigenvalue weighted by atomic mass is 35.5. The van der Waals surface area contributed by atoms with Gasteiger partial charge in [0.1, 0.15) is 6.54 Å². The van der Waals surface area contributed by atoms with E-state index in [9.17, 15) is 4.79 Å². The molecule has 0 unspecified atom stereocenters. The Balaban J connectivity index is 1.69. The number of halogens is 1. The highest BCUT2D eigenvalue weighted by Crippen LogP contribution is 2.25. The molecule has 3 rings (SSSR count). The van der Waals surface area contributed by atoms with Crippen molar-refractivity contribution < 1.29 is 4.79 Å². The molecule has 0 spiro atoms. The Morgan fingerprint density at radius 2 is 1.96 bits per heavy atom. The molecule has 0 aliphatic carbocycles. The number of thiazole rings is 1. The van der Waals surface area contributed by atoms with Gasteiger partial charge in [-0.3, -0.25) is 9.48 Å². The molecule has 2 heterocycles. The molecule has 0 saturated carbocycles. The molecule has 3 aromatic rings. The first-order chi connectivity index (χ1) is 11.4. The highest BCUT2D eigenvalue weighted by molar-refractivity contribution is 7.14. The van der Waals surface area contributed by atoms with Gasteiger partial charge in [-0.15, -0.1) is 11.3 Å². The normalized spacial score (nSPS) is 10.8. The van der Waals surface area contributed by atoms with E-state index in [4.69, 9.17) is 11.6 Å². The maximum absolute atomic E-state index is 12.2. The van der Waals surface area contributed by atoms with Crippen molar-refractivity contribution in [2.24, 2.45) is 0 Å². The lowest BCUT2D eigenvalue weighted by atomic mass is 10.1. The molecule has 7 heteroatoms. The molecule has 1 amide bonds. The number of amides is 1. The minimum atomic E-state index is -0.179. The molecule has 0 fully saturated rings. The summed E-state index contributed by atoms with van der Waals surface area (Å²) in [7, 11) is 0. The van der Waals surface area contributed by atoms with Crippen molar-refractivity contribution in [3.05, 3.63) is 51.6 Å². The van der Waals surface area contributed by atoms with Crippen molar-refractivity contribution in [3.63, 3.8) is 0 Å². The van der Waals surface area contributed by atoms with Gasteiger partial charge in [-0.1, -0.05) is 41.4 Å². The summed E-state index contributed by atoms with van der Waals surface area (Å²) in [4.78, 5) is 16.7. The average molecular weight is 361 g/mol. The Labute approximate surface area is 149 Å². The molecule has 2 aromatic heterocycles. The van der Waals surface area contributed by atoms with Gasteiger partial charge >= 0.3 is 0 Å². The lowest BCUT2D eigenvalue weighted by molar-refractivity contribution is -0.116. The van der Waals surface area contributed by atoms with Gasteiger partial charge in [-0.2, -0.15) is 5.10 Å². The van der Waals surface area contributed by atoms with Crippen LogP contribution in [0.2, 0.25) is 5.02 Å². The predicted octanol–water partition coefficient (Wildman–Crippen LogP) is 4.22. The van der Waals surface area contributed by atoms with Gasteiger partial charge in [-0.25, -0.2) is 4.98 Å². The van der Waals surface area contributed by atoms with Crippen molar-refractivity contribution in [2.75, 3.05) is 5.32 Å². The van der Waals surface area contributed by atoms with Gasteiger partial charge in [-0.05, 0) is 20.8 Å². The van der Waals surface area contributed by atoms with Crippen molar-refractivity contribution in [1.82, 2.24) is 14.8 Å². The Kier molecular flexibility index (Phi) is 4.69. The largest absolute Gasteiger partial charge is 0.300 e. The maximum Gasteiger partial charge on any atom is 0.247 e. The summed E-state index contributed by atoms with van der Waals surface area (Å²) in [6.45, 7) is 5.81. The first-order valence-corrected chi connectivity index (χ1v) is 8.71. The molecule has 124 valence electrons. The smallest absolute Gasteiger partial charge is 0.247 e. The summed E-state index contributed by atoms with van der Waals surface area (Å²) in [5.74, 6) is -0.179. The van der Waals surface area contributed by atoms with E-state index in [2.05, 4.69) is 15.4 Å². The second-order valence-electron chi connectivity index (χ2n) is 5.59. The molecule has 5 nitrogen and oxygen atoms in total. The standard InChI is InChI=1S/C17H17ClN4OS/c1-10-4-6-13(7-5-10)14-9-24-17(19-14)20-15(23)8-22-12(3)16(18)11(2)21-22/h4-7,9H,8H2,1-3H3,(H,19,20,23). The first-order valence-electron chi connectivity index (χ1n) is 7.46. The summed E-state index contributed by atoms with van der Waals surface area (Å²) in [6, 6.07) is 8.13. The number of carbonyl (C=O) groups excluding carboxylic acids is 1. The molecule has 0 atom stereocenters. The number of anilines is 1. The quantitative estimate of drug-likeness (QED) is 0.757. The van der Waals surface area contributed by atoms with Crippen LogP contribution in [0.4, 0.5) is 5.13 Å². The third kappa shape index (κ3) is 3.49. The summed E-state index contributed by atoms with van der Waals surface area (Å²) in [6.07, 6.45) is 0. The molecule has 24 heavy (non-hydrogen) atoms. The van der Waals surface area contributed by atoms with Gasteiger partial charge in [0.2, 0.25) is 5.91 Å². The van der Waals surface area contributed by atoms with Crippen LogP contribution in [0.1, 0.15) is 17.0 Å². The lowest BCUT2D eigenvalue weighted by Crippen LogP contribution is -2.20. The van der Waals surface area contributed by atoms with Crippen LogP contribution >= 0.6 is 22.9 Å². The van der Waals surface area contributed by atoms with Crippen molar-refractivity contribution >= 4 is 34.0 Å². The average Bonchev–Trinajstić information content (AvgIpc) is 3.09. The summed E-state index contributed by atoms with van der Waals surface area (Å²) in [5.41, 5.74) is 4.58. The summed E-state index contributed by atoms with van der Waals surface area (Å²) >= 11 is 7.50. The van der Waals surface area contributed by atoms with Crippen LogP contribution in [-0.2, 0) is 11.3 Å². The molecule has 0 radical (unpaired) electrons. The number of hydrogen-bond acceptors (Lipinski definition) is 4. The van der Waals surface area contributed by atoms with E-state index in [-0.39, 0.29) is 12.5 Å². The Hall–Kier alpha value is -2.18. The third-order valence-corrected chi connectivity index (χ3v) is 4.99. The van der Waals surface area contributed by atoms with Crippen LogP contribution in [-0.4, -0.2) is 20.7 Å². The molecular weight excluding hydrogens is 344 g/mol. The second-order valence-corrected chi connectivity index (χ2v) is 6.83. The van der Waals surface area contributed by atoms with E-state index in [1.807, 2.05) is 50.4 Å². The van der Waals surface area contributed by atoms with E-state index in [1.165, 1.54) is 16.9 Å². The van der Waals surface area contributed by atoms with Crippen LogP contribution in [0.15, 0.2) is 29.6 Å². The molecule has 0 aliphatic heterocycles. The minimum absolute atomic E-state index is 0.110. The number of nitrogens with zero attached hydrogens (tertiary/aromatic N) is 3. The van der Waals surface area contributed by atoms with E-state index in [1.54, 1.807) is 4.68 Å². The monoisotopic (exact) mass is 360 g/mol. The van der Waals surface area contributed by atoms with Crippen molar-refractivity contribution in [3.8, 4) is 11.3 Å². The Morgan fingerprint density at radius 3 is 2.58 bits per heavy atom. The molecule has 0 aliphatic rings. The Bertz CT molecular complexity index is 883. The van der Waals surface area contributed by atoms with Crippen LogP contribution < -0.4 is 5.32 Å². The zero-order chi connectivity index (χ0) is 17.3. The van der Waals surface area contributed by atoms with Gasteiger partial charge < -0.3 is 5.32 Å². The zero-order valence-corrected chi connectivity index (χ0v) is 15.2. The number of benzene rings is 1. The van der Waals surface area contributed by atoms with E-state index in [0.29, 0.717) is 10.2 Å². The molecule has 1 aromatic carbocycles. The lowest BCUT2D eigenvalue weighted by Gasteiger charge is -2.04. The van der Waals surface area contributed by atoms with Gasteiger partial charge in [0, 0.05) is 10.9 Å². The van der Waals surface area contributed by atoms with E-state index >= 15 is 0 Å². The van der Waals surface area contributed by atoms with E-state index < -0.39 is 0 Å². The zero-order valence-electron chi connectivity index (χ0n) is 13.6. The van der Waals surface area contributed by atoms with Crippen molar-refractivity contribution in [1.29, 1.82) is 0 Å². The van der Waals surface area contributed by atoms with Crippen LogP contribution in [0.3, 0.4) is 0 Å². The topological polar surface area (TPSA) is 59.8 Å². The third-order valence-electron chi connectivity index (χ3n) is 3.68. The van der Waals surface area contributed by atoms with Gasteiger partial charge in [0.15, 0.2) is 5.13 Å². The number of aromatic nitrogens is 3. The molecule has 1 N–H and O–H groups in total. The summed E-state index contributed by atoms with van der Waals surface area (Å²) in [5, 5.41) is 10.2. The number of hydrogen-bond donors (Lipinski definition) is 1. The fourth-order valence-corrected chi connectivity index (χ4v) is 3.18. The SMILES string of the molecule is Cc1ccc(-c2csc(NC(=O)Cn3nc(C)c(Cl)c3C)n2)cc1. The number of carbonyl (C=O) groups is 1. The molecule has 0 saturated heterocycles. The van der Waals surface area contributed by atoms with Crippen molar-refractivity contribution in [2.45, 2.75) is 27.3 Å². The highest BCUT2D eigenvalue weighted by Gasteiger charge is 2.13. The minimum Gasteiger partial charge on any atom is -0.300 e. The fraction of sp³-hybridized carbons (Fsp3) is 0.235. The van der Waals surface area contributed by atoms with E-state index in [0.717, 1.165) is 22.6 Å². The van der Waals surface area contributed by atoms with Crippen LogP contribution in [0.25, 0.3) is 11.3 Å². The van der Waals surface area contributed by atoms with Crippen LogP contribution in [0.5, 0.6) is 0 Å². The number of aryl methyl sites for hydroxylation is 2. The second kappa shape index (κ2) is 6.75. The predicted molar refractivity (Wildman–Crippen MR) is 97.6 cm³/mol. The van der Waals surface area contributed by atoms with Gasteiger partial charge in [0.05, 0.1) is 22.1 Å². The molecule has 0 bridgehead atoms. The Morgan fingerprint density at radius 1 is 1.25 bits per heavy atom. The fourth-order valence-electron chi connectivity index (χ4n) is 2.31. The molecular formula is C17H17ClN4OS. The maximum atomic E-state index is 12.2. The number of nitrogens with one attached hydrogen (secondary N) is 1. The van der Waals surface area contributed by atoms with Crippen LogP contribution in [0, 0.1) is 20.8 Å². The van der Waals surface area contributed by atoms with Gasteiger partial charge in [0.25, 0.3) is 0 Å². The first kappa shape index (κ1) is 16.7.